The van der Waals surface area contributed by atoms with Crippen LogP contribution >= 0.6 is 11.3 Å². The second-order valence-corrected chi connectivity index (χ2v) is 20.5. The first-order valence-corrected chi connectivity index (χ1v) is 16.6. The lowest BCUT2D eigenvalue weighted by atomic mass is 9.90. The van der Waals surface area contributed by atoms with Crippen LogP contribution in [0.25, 0.3) is 0 Å². The molecule has 0 bridgehead atoms. The largest absolute Gasteiger partial charge is 0.499 e. The van der Waals surface area contributed by atoms with E-state index >= 15 is 0 Å². The van der Waals surface area contributed by atoms with E-state index in [9.17, 15) is 10.0 Å². The molecule has 0 amide bonds. The van der Waals surface area contributed by atoms with Gasteiger partial charge in [-0.05, 0) is 45.8 Å². The summed E-state index contributed by atoms with van der Waals surface area (Å²) in [6, 6.07) is 3.71. The van der Waals surface area contributed by atoms with E-state index < -0.39 is 32.3 Å². The van der Waals surface area contributed by atoms with Crippen molar-refractivity contribution in [3.05, 3.63) is 12.1 Å². The number of thiophene rings is 1. The normalized spacial score (nSPS) is 13.7. The molecule has 20 heavy (non-hydrogen) atoms. The fourth-order valence-corrected chi connectivity index (χ4v) is 16.8. The first-order valence-electron chi connectivity index (χ1n) is 6.69. The SMILES string of the molecule is C[Si](C)(C)O[Si](C)(C)O[Si](C)(C)c1ccc(B(O)O)s1. The van der Waals surface area contributed by atoms with E-state index in [-0.39, 0.29) is 0 Å². The van der Waals surface area contributed by atoms with Gasteiger partial charge in [-0.2, -0.15) is 11.3 Å². The molecular formula is C11H25BO4SSi3. The minimum absolute atomic E-state index is 0.565. The molecule has 0 saturated heterocycles. The lowest BCUT2D eigenvalue weighted by molar-refractivity contribution is 0.398. The topological polar surface area (TPSA) is 58.9 Å². The van der Waals surface area contributed by atoms with Crippen LogP contribution in [0.2, 0.25) is 45.8 Å². The van der Waals surface area contributed by atoms with Gasteiger partial charge in [0.2, 0.25) is 8.32 Å². The first-order chi connectivity index (χ1) is 8.82. The molecule has 1 heterocycles. The molecule has 0 saturated carbocycles. The summed E-state index contributed by atoms with van der Waals surface area (Å²) < 4.78 is 14.3. The van der Waals surface area contributed by atoms with Crippen molar-refractivity contribution in [3.8, 4) is 0 Å². The van der Waals surface area contributed by atoms with Gasteiger partial charge in [-0.25, -0.2) is 0 Å². The van der Waals surface area contributed by atoms with Crippen LogP contribution in [0, 0.1) is 0 Å². The molecule has 0 fully saturated rings. The van der Waals surface area contributed by atoms with E-state index in [1.165, 1.54) is 11.3 Å². The van der Waals surface area contributed by atoms with Gasteiger partial charge in [-0.1, -0.05) is 12.1 Å². The first kappa shape index (κ1) is 18.3. The Morgan fingerprint density at radius 2 is 1.50 bits per heavy atom. The summed E-state index contributed by atoms with van der Waals surface area (Å²) in [5.74, 6) is 0. The number of rotatable bonds is 6. The van der Waals surface area contributed by atoms with Gasteiger partial charge in [0.15, 0.2) is 8.32 Å². The molecule has 0 aromatic carbocycles. The molecule has 0 spiro atoms. The van der Waals surface area contributed by atoms with E-state index in [2.05, 4.69) is 45.8 Å². The van der Waals surface area contributed by atoms with Gasteiger partial charge in [0.25, 0.3) is 0 Å². The quantitative estimate of drug-likeness (QED) is 0.763. The highest BCUT2D eigenvalue weighted by Crippen LogP contribution is 2.21. The molecule has 0 aliphatic carbocycles. The number of hydrogen-bond donors (Lipinski definition) is 2. The molecule has 0 unspecified atom stereocenters. The zero-order valence-electron chi connectivity index (χ0n) is 13.4. The maximum Gasteiger partial charge on any atom is 0.499 e. The highest BCUT2D eigenvalue weighted by molar-refractivity contribution is 7.32. The molecule has 9 heteroatoms. The zero-order valence-corrected chi connectivity index (χ0v) is 17.2. The molecule has 4 nitrogen and oxygen atoms in total. The molecule has 0 aliphatic heterocycles. The van der Waals surface area contributed by atoms with Gasteiger partial charge in [0.05, 0.1) is 0 Å². The molecule has 0 aliphatic rings. The molecule has 1 aromatic rings. The van der Waals surface area contributed by atoms with Crippen LogP contribution in [0.5, 0.6) is 0 Å². The molecule has 114 valence electrons. The van der Waals surface area contributed by atoms with Gasteiger partial charge in [-0.3, -0.25) is 0 Å². The highest BCUT2D eigenvalue weighted by Gasteiger charge is 2.39. The van der Waals surface area contributed by atoms with Crippen molar-refractivity contribution >= 4 is 52.9 Å². The van der Waals surface area contributed by atoms with E-state index in [1.54, 1.807) is 6.07 Å². The fraction of sp³-hybridized carbons (Fsp3) is 0.636. The smallest absolute Gasteiger partial charge is 0.437 e. The molecule has 1 rings (SSSR count). The average Bonchev–Trinajstić information content (AvgIpc) is 2.59. The number of hydrogen-bond acceptors (Lipinski definition) is 5. The maximum atomic E-state index is 9.22. The summed E-state index contributed by atoms with van der Waals surface area (Å²) in [4.78, 5) is 0. The third-order valence-corrected chi connectivity index (χ3v) is 15.0. The second kappa shape index (κ2) is 6.17. The van der Waals surface area contributed by atoms with E-state index in [4.69, 9.17) is 8.23 Å². The van der Waals surface area contributed by atoms with Crippen molar-refractivity contribution in [1.82, 2.24) is 0 Å². The molecule has 2 N–H and O–H groups in total. The lowest BCUT2D eigenvalue weighted by Crippen LogP contribution is -2.55. The Kier molecular flexibility index (Phi) is 5.65. The summed E-state index contributed by atoms with van der Waals surface area (Å²) in [6.45, 7) is 15.0. The molecule has 1 aromatic heterocycles. The van der Waals surface area contributed by atoms with Crippen LogP contribution < -0.4 is 9.28 Å². The highest BCUT2D eigenvalue weighted by atomic mass is 32.1. The van der Waals surface area contributed by atoms with Crippen LogP contribution in [0.1, 0.15) is 0 Å². The van der Waals surface area contributed by atoms with Crippen molar-refractivity contribution in [2.24, 2.45) is 0 Å². The molecular weight excluding hydrogens is 323 g/mol. The Morgan fingerprint density at radius 1 is 0.950 bits per heavy atom. The minimum Gasteiger partial charge on any atom is -0.437 e. The predicted octanol–water partition coefficient (Wildman–Crippen LogP) is 1.41. The van der Waals surface area contributed by atoms with Crippen LogP contribution in [-0.2, 0) is 8.23 Å². The predicted molar refractivity (Wildman–Crippen MR) is 94.3 cm³/mol. The minimum atomic E-state index is -2.17. The Balaban J connectivity index is 2.87. The summed E-state index contributed by atoms with van der Waals surface area (Å²) in [7, 11) is -7.28. The van der Waals surface area contributed by atoms with Crippen LogP contribution in [0.4, 0.5) is 0 Å². The van der Waals surface area contributed by atoms with Gasteiger partial charge >= 0.3 is 15.7 Å². The monoisotopic (exact) mass is 348 g/mol. The van der Waals surface area contributed by atoms with Crippen LogP contribution in [0.15, 0.2) is 12.1 Å². The maximum absolute atomic E-state index is 9.22. The van der Waals surface area contributed by atoms with Crippen LogP contribution in [-0.4, -0.2) is 42.4 Å². The fourth-order valence-electron chi connectivity index (χ4n) is 2.24. The van der Waals surface area contributed by atoms with Crippen molar-refractivity contribution in [2.75, 3.05) is 0 Å². The lowest BCUT2D eigenvalue weighted by Gasteiger charge is -2.37. The van der Waals surface area contributed by atoms with Gasteiger partial charge in [0, 0.05) is 9.28 Å². The molecule has 0 atom stereocenters. The summed E-state index contributed by atoms with van der Waals surface area (Å²) in [5, 5.41) is 18.4. The Labute approximate surface area is 129 Å². The standard InChI is InChI=1S/C11H25BO4SSi3/c1-18(2,3)15-20(6,7)16-19(4,5)11-9-8-10(17-11)12(13)14/h8-9,13-14H,1-7H3. The Bertz CT molecular complexity index is 457. The third-order valence-electron chi connectivity index (χ3n) is 2.53. The van der Waals surface area contributed by atoms with E-state index in [0.29, 0.717) is 4.78 Å². The van der Waals surface area contributed by atoms with Gasteiger partial charge < -0.3 is 18.3 Å². The van der Waals surface area contributed by atoms with Gasteiger partial charge in [-0.15, -0.1) is 0 Å². The van der Waals surface area contributed by atoms with Crippen molar-refractivity contribution < 1.29 is 18.3 Å². The summed E-state index contributed by atoms with van der Waals surface area (Å²) in [5.41, 5.74) is 0. The second-order valence-electron chi connectivity index (χ2n) is 6.80. The summed E-state index contributed by atoms with van der Waals surface area (Å²) in [6.07, 6.45) is 0. The Hall–Kier alpha value is 0.256. The van der Waals surface area contributed by atoms with E-state index in [0.717, 1.165) is 4.50 Å². The zero-order chi connectivity index (χ0) is 15.8. The summed E-state index contributed by atoms with van der Waals surface area (Å²) >= 11 is 1.42. The average molecular weight is 348 g/mol. The third kappa shape index (κ3) is 5.56. The van der Waals surface area contributed by atoms with Crippen molar-refractivity contribution in [3.63, 3.8) is 0 Å². The van der Waals surface area contributed by atoms with Gasteiger partial charge in [0.1, 0.15) is 0 Å². The van der Waals surface area contributed by atoms with Crippen molar-refractivity contribution in [2.45, 2.75) is 45.8 Å². The van der Waals surface area contributed by atoms with E-state index in [1.807, 2.05) is 6.07 Å². The Morgan fingerprint density at radius 3 is 1.90 bits per heavy atom. The van der Waals surface area contributed by atoms with Crippen molar-refractivity contribution in [1.29, 1.82) is 0 Å². The molecule has 0 radical (unpaired) electrons. The van der Waals surface area contributed by atoms with Crippen LogP contribution in [0.3, 0.4) is 0 Å².